The Bertz CT molecular complexity index is 543. The van der Waals surface area contributed by atoms with E-state index in [1.165, 1.54) is 11.3 Å². The number of carbonyl (C=O) groups is 1. The molecule has 0 bridgehead atoms. The first-order chi connectivity index (χ1) is 9.91. The van der Waals surface area contributed by atoms with E-state index in [9.17, 15) is 18.7 Å². The van der Waals surface area contributed by atoms with Crippen molar-refractivity contribution in [2.45, 2.75) is 31.4 Å². The standard InChI is InChI=1S/C14H18F2N2O2S/c1-9-2-3-21-12(9)13(20)17-5-11(6-17)18-8-14(15,16)4-10(18)7-19/h2-3,10-11,19H,4-8H2,1H3/t10-/m0/s1. The van der Waals surface area contributed by atoms with Crippen molar-refractivity contribution in [2.75, 3.05) is 26.2 Å². The number of aliphatic hydroxyl groups is 1. The summed E-state index contributed by atoms with van der Waals surface area (Å²) in [4.78, 5) is 16.3. The molecule has 0 spiro atoms. The van der Waals surface area contributed by atoms with Crippen LogP contribution in [0.1, 0.15) is 21.7 Å². The Kier molecular flexibility index (Phi) is 3.75. The average Bonchev–Trinajstić information content (AvgIpc) is 2.90. The molecule has 1 aromatic rings. The Morgan fingerprint density at radius 3 is 2.81 bits per heavy atom. The summed E-state index contributed by atoms with van der Waals surface area (Å²) >= 11 is 1.41. The van der Waals surface area contributed by atoms with Crippen LogP contribution in [0.4, 0.5) is 8.78 Å². The summed E-state index contributed by atoms with van der Waals surface area (Å²) in [5.74, 6) is -2.76. The van der Waals surface area contributed by atoms with Gasteiger partial charge in [0.05, 0.1) is 18.0 Å². The summed E-state index contributed by atoms with van der Waals surface area (Å²) in [5, 5.41) is 11.1. The minimum Gasteiger partial charge on any atom is -0.395 e. The topological polar surface area (TPSA) is 43.8 Å². The van der Waals surface area contributed by atoms with E-state index in [2.05, 4.69) is 0 Å². The van der Waals surface area contributed by atoms with E-state index in [4.69, 9.17) is 0 Å². The van der Waals surface area contributed by atoms with Gasteiger partial charge in [-0.25, -0.2) is 8.78 Å². The van der Waals surface area contributed by atoms with E-state index in [0.717, 1.165) is 10.4 Å². The molecule has 116 valence electrons. The third-order valence-electron chi connectivity index (χ3n) is 4.30. The maximum absolute atomic E-state index is 13.5. The number of hydrogen-bond donors (Lipinski definition) is 1. The highest BCUT2D eigenvalue weighted by molar-refractivity contribution is 7.12. The average molecular weight is 316 g/mol. The molecule has 1 atom stereocenters. The van der Waals surface area contributed by atoms with Crippen LogP contribution in [0.5, 0.6) is 0 Å². The molecule has 2 fully saturated rings. The van der Waals surface area contributed by atoms with Gasteiger partial charge in [-0.2, -0.15) is 0 Å². The minimum absolute atomic E-state index is 0.0229. The fourth-order valence-corrected chi connectivity index (χ4v) is 3.98. The predicted octanol–water partition coefficient (Wildman–Crippen LogP) is 1.58. The van der Waals surface area contributed by atoms with Crippen molar-refractivity contribution in [1.82, 2.24) is 9.80 Å². The third-order valence-corrected chi connectivity index (χ3v) is 5.31. The van der Waals surface area contributed by atoms with Crippen molar-refractivity contribution in [3.05, 3.63) is 21.9 Å². The first-order valence-electron chi connectivity index (χ1n) is 6.99. The lowest BCUT2D eigenvalue weighted by molar-refractivity contribution is -0.0124. The van der Waals surface area contributed by atoms with E-state index in [-0.39, 0.29) is 31.5 Å². The molecule has 0 aromatic carbocycles. The molecular formula is C14H18F2N2O2S. The van der Waals surface area contributed by atoms with Crippen molar-refractivity contribution in [1.29, 1.82) is 0 Å². The number of likely N-dealkylation sites (tertiary alicyclic amines) is 2. The summed E-state index contributed by atoms with van der Waals surface area (Å²) in [6.07, 6.45) is -0.294. The Labute approximate surface area is 126 Å². The van der Waals surface area contributed by atoms with Gasteiger partial charge in [0.25, 0.3) is 11.8 Å². The number of aliphatic hydroxyl groups excluding tert-OH is 1. The van der Waals surface area contributed by atoms with Gasteiger partial charge in [-0.1, -0.05) is 0 Å². The molecule has 7 heteroatoms. The smallest absolute Gasteiger partial charge is 0.264 e. The van der Waals surface area contributed by atoms with Gasteiger partial charge in [0.2, 0.25) is 0 Å². The molecule has 3 heterocycles. The van der Waals surface area contributed by atoms with E-state index in [1.807, 2.05) is 18.4 Å². The second-order valence-electron chi connectivity index (χ2n) is 5.87. The van der Waals surface area contributed by atoms with Gasteiger partial charge in [-0.05, 0) is 23.9 Å². The molecule has 1 aromatic heterocycles. The van der Waals surface area contributed by atoms with Gasteiger partial charge < -0.3 is 10.0 Å². The minimum atomic E-state index is -2.73. The quantitative estimate of drug-likeness (QED) is 0.921. The predicted molar refractivity (Wildman–Crippen MR) is 75.9 cm³/mol. The number of aryl methyl sites for hydroxylation is 1. The number of nitrogens with zero attached hydrogens (tertiary/aromatic N) is 2. The lowest BCUT2D eigenvalue weighted by Gasteiger charge is -2.45. The number of amides is 1. The number of thiophene rings is 1. The zero-order chi connectivity index (χ0) is 15.2. The lowest BCUT2D eigenvalue weighted by atomic mass is 10.1. The zero-order valence-electron chi connectivity index (χ0n) is 11.8. The zero-order valence-corrected chi connectivity index (χ0v) is 12.6. The summed E-state index contributed by atoms with van der Waals surface area (Å²) < 4.78 is 26.9. The van der Waals surface area contributed by atoms with Crippen molar-refractivity contribution in [2.24, 2.45) is 0 Å². The second kappa shape index (κ2) is 5.30. The van der Waals surface area contributed by atoms with E-state index in [1.54, 1.807) is 9.80 Å². The molecule has 0 radical (unpaired) electrons. The highest BCUT2D eigenvalue weighted by atomic mass is 32.1. The van der Waals surface area contributed by atoms with E-state index in [0.29, 0.717) is 13.1 Å². The fourth-order valence-electron chi connectivity index (χ4n) is 3.09. The molecule has 0 saturated carbocycles. The number of rotatable bonds is 3. The van der Waals surface area contributed by atoms with E-state index < -0.39 is 12.0 Å². The first-order valence-corrected chi connectivity index (χ1v) is 7.87. The lowest BCUT2D eigenvalue weighted by Crippen LogP contribution is -2.62. The van der Waals surface area contributed by atoms with Crippen molar-refractivity contribution in [3.63, 3.8) is 0 Å². The molecule has 1 amide bonds. The highest BCUT2D eigenvalue weighted by Crippen LogP contribution is 2.35. The van der Waals surface area contributed by atoms with Crippen molar-refractivity contribution in [3.8, 4) is 0 Å². The van der Waals surface area contributed by atoms with Crippen LogP contribution in [0.25, 0.3) is 0 Å². The fraction of sp³-hybridized carbons (Fsp3) is 0.643. The molecule has 4 nitrogen and oxygen atoms in total. The van der Waals surface area contributed by atoms with Crippen LogP contribution in [-0.2, 0) is 0 Å². The van der Waals surface area contributed by atoms with Crippen LogP contribution < -0.4 is 0 Å². The maximum Gasteiger partial charge on any atom is 0.264 e. The molecule has 2 aliphatic rings. The van der Waals surface area contributed by atoms with Gasteiger partial charge in [0.1, 0.15) is 0 Å². The third kappa shape index (κ3) is 2.69. The second-order valence-corrected chi connectivity index (χ2v) is 6.78. The molecule has 2 aliphatic heterocycles. The van der Waals surface area contributed by atoms with Crippen LogP contribution >= 0.6 is 11.3 Å². The van der Waals surface area contributed by atoms with Gasteiger partial charge in [0.15, 0.2) is 0 Å². The van der Waals surface area contributed by atoms with Gasteiger partial charge in [-0.3, -0.25) is 9.69 Å². The Balaban J connectivity index is 1.61. The van der Waals surface area contributed by atoms with Crippen molar-refractivity contribution >= 4 is 17.2 Å². The molecular weight excluding hydrogens is 298 g/mol. The maximum atomic E-state index is 13.5. The summed E-state index contributed by atoms with van der Waals surface area (Å²) in [6, 6.07) is 1.34. The number of halogens is 2. The highest BCUT2D eigenvalue weighted by Gasteiger charge is 2.50. The van der Waals surface area contributed by atoms with Crippen LogP contribution in [0, 0.1) is 6.92 Å². The van der Waals surface area contributed by atoms with E-state index >= 15 is 0 Å². The van der Waals surface area contributed by atoms with Crippen molar-refractivity contribution < 1.29 is 18.7 Å². The molecule has 21 heavy (non-hydrogen) atoms. The number of alkyl halides is 2. The Morgan fingerprint density at radius 2 is 2.24 bits per heavy atom. The van der Waals surface area contributed by atoms with Gasteiger partial charge in [-0.15, -0.1) is 11.3 Å². The van der Waals surface area contributed by atoms with Crippen LogP contribution in [0.3, 0.4) is 0 Å². The van der Waals surface area contributed by atoms with Gasteiger partial charge >= 0.3 is 0 Å². The van der Waals surface area contributed by atoms with Crippen LogP contribution in [0.15, 0.2) is 11.4 Å². The molecule has 2 saturated heterocycles. The monoisotopic (exact) mass is 316 g/mol. The number of carbonyl (C=O) groups excluding carboxylic acids is 1. The molecule has 3 rings (SSSR count). The Morgan fingerprint density at radius 1 is 1.52 bits per heavy atom. The Hall–Kier alpha value is -1.05. The molecule has 0 unspecified atom stereocenters. The van der Waals surface area contributed by atoms with Crippen LogP contribution in [0.2, 0.25) is 0 Å². The first kappa shape index (κ1) is 14.9. The SMILES string of the molecule is Cc1ccsc1C(=O)N1CC(N2CC(F)(F)C[C@H]2CO)C1. The summed E-state index contributed by atoms with van der Waals surface area (Å²) in [5.41, 5.74) is 0.953. The number of hydrogen-bond acceptors (Lipinski definition) is 4. The summed E-state index contributed by atoms with van der Waals surface area (Å²) in [7, 11) is 0. The molecule has 0 aliphatic carbocycles. The van der Waals surface area contributed by atoms with Crippen LogP contribution in [-0.4, -0.2) is 65.1 Å². The summed E-state index contributed by atoms with van der Waals surface area (Å²) in [6.45, 7) is 2.24. The van der Waals surface area contributed by atoms with Gasteiger partial charge in [0, 0.05) is 31.6 Å². The molecule has 1 N–H and O–H groups in total. The normalized spacial score (nSPS) is 26.1. The largest absolute Gasteiger partial charge is 0.395 e.